The van der Waals surface area contributed by atoms with Gasteiger partial charge in [0.15, 0.2) is 12.3 Å². The van der Waals surface area contributed by atoms with Crippen LogP contribution in [0.15, 0.2) is 92.0 Å². The van der Waals surface area contributed by atoms with E-state index >= 15 is 0 Å². The predicted octanol–water partition coefficient (Wildman–Crippen LogP) is 4.86. The van der Waals surface area contributed by atoms with E-state index in [2.05, 4.69) is 5.43 Å². The van der Waals surface area contributed by atoms with Crippen LogP contribution in [0.4, 0.5) is 11.4 Å². The zero-order valence-corrected chi connectivity index (χ0v) is 44.8. The number of methoxy groups -OCH3 is 2. The number of anilines is 1. The number of hydrogen-bond acceptors (Lipinski definition) is 16. The summed E-state index contributed by atoms with van der Waals surface area (Å²) in [6.07, 6.45) is 7.33. The molecule has 0 bridgehead atoms. The maximum atomic E-state index is 13.1. The van der Waals surface area contributed by atoms with Crippen molar-refractivity contribution < 1.29 is 84.9 Å². The van der Waals surface area contributed by atoms with E-state index in [0.29, 0.717) is 86.5 Å². The van der Waals surface area contributed by atoms with Crippen LogP contribution in [0.1, 0.15) is 64.0 Å². The number of nitrogens with one attached hydrogen (secondary N) is 1. The van der Waals surface area contributed by atoms with Crippen LogP contribution in [0.3, 0.4) is 0 Å². The highest BCUT2D eigenvalue weighted by atomic mass is 32.2. The Morgan fingerprint density at radius 2 is 1.22 bits per heavy atom. The molecule has 0 spiro atoms. The first kappa shape index (κ1) is 58.5. The van der Waals surface area contributed by atoms with Gasteiger partial charge in [0.2, 0.25) is 11.6 Å². The van der Waals surface area contributed by atoms with Crippen molar-refractivity contribution in [2.75, 3.05) is 85.1 Å². The molecule has 406 valence electrons. The van der Waals surface area contributed by atoms with Crippen LogP contribution in [0.2, 0.25) is 0 Å². The Bertz CT molecular complexity index is 3340. The lowest BCUT2D eigenvalue weighted by Gasteiger charge is -2.27. The molecule has 22 nitrogen and oxygen atoms in total. The second kappa shape index (κ2) is 23.6. The summed E-state index contributed by atoms with van der Waals surface area (Å²) in [5.41, 5.74) is 2.87. The monoisotopic (exact) mass is 1110 g/mol. The molecule has 2 heterocycles. The van der Waals surface area contributed by atoms with Gasteiger partial charge in [0.1, 0.15) is 16.4 Å². The molecule has 0 fully saturated rings. The number of allylic oxidation sites excluding steroid dienone is 4. The number of nitrogens with two attached hydrogens (primary N) is 1. The van der Waals surface area contributed by atoms with E-state index in [1.807, 2.05) is 25.7 Å². The molecule has 26 heteroatoms. The average molecular weight is 1110 g/mol. The fourth-order valence-electron chi connectivity index (χ4n) is 9.77. The van der Waals surface area contributed by atoms with Gasteiger partial charge in [0.25, 0.3) is 40.5 Å². The van der Waals surface area contributed by atoms with Crippen molar-refractivity contribution in [3.05, 3.63) is 83.6 Å². The Labute approximate surface area is 431 Å². The molecular formula is C48H63N4O18S4+. The Morgan fingerprint density at radius 1 is 0.662 bits per heavy atom. The van der Waals surface area contributed by atoms with Gasteiger partial charge in [-0.2, -0.15) is 38.2 Å². The third-order valence-electron chi connectivity index (χ3n) is 13.2. The summed E-state index contributed by atoms with van der Waals surface area (Å²) in [4.78, 5) is 11.4. The van der Waals surface area contributed by atoms with E-state index in [-0.39, 0.29) is 79.0 Å². The van der Waals surface area contributed by atoms with Crippen molar-refractivity contribution in [2.45, 2.75) is 83.3 Å². The minimum absolute atomic E-state index is 0.00511. The average Bonchev–Trinajstić information content (AvgIpc) is 3.69. The Kier molecular flexibility index (Phi) is 18.7. The number of hydrazine groups is 1. The van der Waals surface area contributed by atoms with Crippen LogP contribution < -0.4 is 16.2 Å². The molecule has 0 saturated carbocycles. The molecule has 0 aliphatic carbocycles. The highest BCUT2D eigenvalue weighted by Gasteiger charge is 2.50. The molecule has 0 aromatic heterocycles. The van der Waals surface area contributed by atoms with Gasteiger partial charge in [-0.15, -0.1) is 0 Å². The zero-order valence-electron chi connectivity index (χ0n) is 41.6. The molecule has 4 aromatic carbocycles. The first-order valence-corrected chi connectivity index (χ1v) is 29.1. The molecule has 0 saturated heterocycles. The summed E-state index contributed by atoms with van der Waals surface area (Å²) in [7, 11) is -16.8. The van der Waals surface area contributed by atoms with E-state index in [0.717, 1.165) is 18.2 Å². The van der Waals surface area contributed by atoms with Gasteiger partial charge in [-0.25, -0.2) is 5.84 Å². The number of amides is 1. The smallest absolute Gasteiger partial charge is 0.295 e. The molecule has 1 unspecified atom stereocenters. The highest BCUT2D eigenvalue weighted by Crippen LogP contribution is 2.53. The summed E-state index contributed by atoms with van der Waals surface area (Å²) in [6, 6.07) is 9.64. The third kappa shape index (κ3) is 12.9. The van der Waals surface area contributed by atoms with E-state index in [1.165, 1.54) is 25.3 Å². The minimum atomic E-state index is -5.03. The third-order valence-corrected chi connectivity index (χ3v) is 16.7. The summed E-state index contributed by atoms with van der Waals surface area (Å²) in [6.45, 7) is 8.13. The van der Waals surface area contributed by atoms with Gasteiger partial charge in [-0.1, -0.05) is 38.5 Å². The molecule has 2 aliphatic heterocycles. The summed E-state index contributed by atoms with van der Waals surface area (Å²) in [5, 5.41) is 0.209. The largest absolute Gasteiger partial charge is 0.382 e. The minimum Gasteiger partial charge on any atom is -0.382 e. The number of rotatable bonds is 27. The van der Waals surface area contributed by atoms with E-state index < -0.39 is 70.9 Å². The van der Waals surface area contributed by atoms with Crippen LogP contribution in [-0.4, -0.2) is 148 Å². The fourth-order valence-corrected chi connectivity index (χ4v) is 12.3. The predicted molar refractivity (Wildman–Crippen MR) is 274 cm³/mol. The van der Waals surface area contributed by atoms with Gasteiger partial charge in [0.05, 0.1) is 54.8 Å². The van der Waals surface area contributed by atoms with Crippen LogP contribution in [0.25, 0.3) is 21.5 Å². The zero-order chi connectivity index (χ0) is 54.4. The lowest BCUT2D eigenvalue weighted by Crippen LogP contribution is -2.33. The van der Waals surface area contributed by atoms with Crippen molar-refractivity contribution in [3.63, 3.8) is 0 Å². The number of unbranched alkanes of at least 4 members (excludes halogenated alkanes) is 2. The van der Waals surface area contributed by atoms with Crippen molar-refractivity contribution in [2.24, 2.45) is 5.84 Å². The van der Waals surface area contributed by atoms with Gasteiger partial charge in [-0.05, 0) is 78.9 Å². The standard InChI is InChI=1S/C48H62N4O18S4/c1-47(2)42(51(18-8-6-7-12-44(53)50-49)38-16-15-35-36(45(38)47)29-33(72(57,58)59)30-40(35)73(60,61)62)10-9-11-43-48(3,17-20-68-24-25-70-27-26-69-23-22-67-5)46-37-28-32(71(54,55)56)13-14-34(37)41(74(63,64)65)31-39(46)52(43)19-21-66-4/h9-11,13-16,28-31H,6-8,12,17-27,49H2,1-5H3,(H4-,50,53,54,55,56,57,58,59,60,61,62,63,64,65)/p+1. The highest BCUT2D eigenvalue weighted by molar-refractivity contribution is 7.87. The first-order chi connectivity index (χ1) is 34.7. The van der Waals surface area contributed by atoms with Crippen molar-refractivity contribution in [1.82, 2.24) is 5.43 Å². The molecule has 7 N–H and O–H groups in total. The van der Waals surface area contributed by atoms with Crippen molar-refractivity contribution >= 4 is 85.0 Å². The molecule has 74 heavy (non-hydrogen) atoms. The van der Waals surface area contributed by atoms with Gasteiger partial charge in [0, 0.05) is 79.1 Å². The summed E-state index contributed by atoms with van der Waals surface area (Å²) < 4.78 is 173. The Balaban J connectivity index is 1.53. The van der Waals surface area contributed by atoms with Crippen molar-refractivity contribution in [1.29, 1.82) is 0 Å². The molecule has 4 aromatic rings. The van der Waals surface area contributed by atoms with Crippen LogP contribution in [-0.2, 0) is 79.8 Å². The summed E-state index contributed by atoms with van der Waals surface area (Å²) in [5.74, 6) is 4.95. The normalized spacial score (nSPS) is 17.6. The lowest BCUT2D eigenvalue weighted by molar-refractivity contribution is -0.441. The lowest BCUT2D eigenvalue weighted by atomic mass is 9.74. The van der Waals surface area contributed by atoms with E-state index in [4.69, 9.17) is 29.5 Å². The van der Waals surface area contributed by atoms with Gasteiger partial charge in [-0.3, -0.25) is 28.4 Å². The molecule has 0 radical (unpaired) electrons. The second-order valence-corrected chi connectivity index (χ2v) is 24.0. The molecule has 2 aliphatic rings. The SMILES string of the molecule is COCCOCCOCCOCCC1(C)C(/C=C/C=C2/N(CCCCCC(=O)NN)c3ccc4c(S(=O)(=O)O)cc(S(=O)(=O)O)cc4c3C2(C)C)=[N+](CCOC)c2cc(S(=O)(=O)O)c3ccc(S(=O)(=O)O)cc3c21. The number of benzene rings is 4. The van der Waals surface area contributed by atoms with E-state index in [9.17, 15) is 56.7 Å². The first-order valence-electron chi connectivity index (χ1n) is 23.4. The van der Waals surface area contributed by atoms with Crippen LogP contribution >= 0.6 is 0 Å². The number of fused-ring (bicyclic) bond motifs is 6. The number of carbonyl (C=O) groups is 1. The van der Waals surface area contributed by atoms with Gasteiger partial charge >= 0.3 is 0 Å². The fraction of sp³-hybridized carbons (Fsp3) is 0.458. The number of nitrogens with zero attached hydrogens (tertiary/aromatic N) is 2. The van der Waals surface area contributed by atoms with Crippen LogP contribution in [0.5, 0.6) is 0 Å². The molecule has 1 atom stereocenters. The van der Waals surface area contributed by atoms with Crippen LogP contribution in [0, 0.1) is 0 Å². The number of ether oxygens (including phenoxy) is 5. The second-order valence-electron chi connectivity index (χ2n) is 18.4. The van der Waals surface area contributed by atoms with Crippen molar-refractivity contribution in [3.8, 4) is 0 Å². The maximum Gasteiger partial charge on any atom is 0.295 e. The molecular weight excluding hydrogens is 1050 g/mol. The quantitative estimate of drug-likeness (QED) is 0.0116. The Morgan fingerprint density at radius 3 is 1.80 bits per heavy atom. The maximum absolute atomic E-state index is 13.1. The molecule has 1 amide bonds. The van der Waals surface area contributed by atoms with E-state index in [1.54, 1.807) is 36.0 Å². The summed E-state index contributed by atoms with van der Waals surface area (Å²) >= 11 is 0. The number of hydrogen-bond donors (Lipinski definition) is 6. The molecule has 6 rings (SSSR count). The topological polar surface area (TPSA) is 325 Å². The number of carbonyl (C=O) groups excluding carboxylic acids is 1. The Hall–Kier alpha value is -4.78. The van der Waals surface area contributed by atoms with Gasteiger partial charge < -0.3 is 28.6 Å².